The molecule has 0 amide bonds. The van der Waals surface area contributed by atoms with Crippen molar-refractivity contribution in [2.45, 2.75) is 6.92 Å². The van der Waals surface area contributed by atoms with Gasteiger partial charge >= 0.3 is 0 Å². The van der Waals surface area contributed by atoms with Crippen molar-refractivity contribution in [1.82, 2.24) is 4.98 Å². The smallest absolute Gasteiger partial charge is 0.256 e. The first-order chi connectivity index (χ1) is 6.83. The van der Waals surface area contributed by atoms with Crippen molar-refractivity contribution < 1.29 is 4.74 Å². The molecule has 0 bridgehead atoms. The third kappa shape index (κ3) is 1.37. The molecule has 0 radical (unpaired) electrons. The Bertz CT molecular complexity index is 502. The first-order valence-electron chi connectivity index (χ1n) is 4.56. The maximum Gasteiger partial charge on any atom is 0.256 e. The van der Waals surface area contributed by atoms with Crippen molar-refractivity contribution in [2.24, 2.45) is 0 Å². The largest absolute Gasteiger partial charge is 0.492 e. The maximum atomic E-state index is 11.4. The van der Waals surface area contributed by atoms with Crippen LogP contribution in [0.5, 0.6) is 5.75 Å². The average molecular weight is 189 g/mol. The highest BCUT2D eigenvalue weighted by Crippen LogP contribution is 2.20. The first-order valence-corrected chi connectivity index (χ1v) is 4.56. The number of aromatic nitrogens is 1. The van der Waals surface area contributed by atoms with Crippen molar-refractivity contribution >= 4 is 10.8 Å². The zero-order chi connectivity index (χ0) is 9.97. The molecular weight excluding hydrogens is 178 g/mol. The molecule has 2 rings (SSSR count). The predicted molar refractivity (Wildman–Crippen MR) is 55.7 cm³/mol. The quantitative estimate of drug-likeness (QED) is 0.784. The highest BCUT2D eigenvalue weighted by Gasteiger charge is 2.03. The summed E-state index contributed by atoms with van der Waals surface area (Å²) in [5, 5.41) is 1.52. The number of ether oxygens (including phenoxy) is 1. The molecule has 72 valence electrons. The van der Waals surface area contributed by atoms with Crippen LogP contribution >= 0.6 is 0 Å². The standard InChI is InChI=1S/C11H11NO2/c1-2-14-10-7-12-11(13)9-6-4-3-5-8(9)10/h3-7H,2H2,1H3,(H,12,13). The van der Waals surface area contributed by atoms with Crippen LogP contribution in [0, 0.1) is 0 Å². The van der Waals surface area contributed by atoms with Gasteiger partial charge in [0.1, 0.15) is 5.75 Å². The van der Waals surface area contributed by atoms with Gasteiger partial charge in [-0.25, -0.2) is 0 Å². The minimum atomic E-state index is -0.0796. The van der Waals surface area contributed by atoms with Gasteiger partial charge in [0.05, 0.1) is 12.0 Å². The van der Waals surface area contributed by atoms with E-state index in [1.54, 1.807) is 12.3 Å². The van der Waals surface area contributed by atoms with Crippen LogP contribution in [0.25, 0.3) is 10.8 Å². The molecule has 0 atom stereocenters. The Morgan fingerprint density at radius 2 is 2.00 bits per heavy atom. The molecular formula is C11H11NO2. The second-order valence-corrected chi connectivity index (χ2v) is 2.96. The zero-order valence-corrected chi connectivity index (χ0v) is 7.91. The molecule has 1 aromatic carbocycles. The molecule has 0 aliphatic carbocycles. The van der Waals surface area contributed by atoms with Crippen LogP contribution in [-0.4, -0.2) is 11.6 Å². The molecule has 2 aromatic rings. The fourth-order valence-corrected chi connectivity index (χ4v) is 1.46. The average Bonchev–Trinajstić information content (AvgIpc) is 2.23. The van der Waals surface area contributed by atoms with Crippen LogP contribution in [0.15, 0.2) is 35.3 Å². The van der Waals surface area contributed by atoms with Crippen LogP contribution in [-0.2, 0) is 0 Å². The second-order valence-electron chi connectivity index (χ2n) is 2.96. The fourth-order valence-electron chi connectivity index (χ4n) is 1.46. The molecule has 0 unspecified atom stereocenters. The third-order valence-corrected chi connectivity index (χ3v) is 2.07. The van der Waals surface area contributed by atoms with Gasteiger partial charge in [-0.1, -0.05) is 18.2 Å². The molecule has 0 spiro atoms. The van der Waals surface area contributed by atoms with E-state index >= 15 is 0 Å². The Labute approximate surface area is 81.3 Å². The minimum absolute atomic E-state index is 0.0796. The van der Waals surface area contributed by atoms with Gasteiger partial charge in [0, 0.05) is 11.6 Å². The molecule has 0 fully saturated rings. The molecule has 0 saturated carbocycles. The molecule has 0 aliphatic rings. The van der Waals surface area contributed by atoms with Gasteiger partial charge in [-0.15, -0.1) is 0 Å². The molecule has 14 heavy (non-hydrogen) atoms. The van der Waals surface area contributed by atoms with Gasteiger partial charge in [-0.05, 0) is 13.0 Å². The molecule has 1 aromatic heterocycles. The summed E-state index contributed by atoms with van der Waals surface area (Å²) in [4.78, 5) is 14.1. The van der Waals surface area contributed by atoms with Crippen molar-refractivity contribution in [3.8, 4) is 5.75 Å². The summed E-state index contributed by atoms with van der Waals surface area (Å²) >= 11 is 0. The van der Waals surface area contributed by atoms with Gasteiger partial charge in [-0.2, -0.15) is 0 Å². The summed E-state index contributed by atoms with van der Waals surface area (Å²) < 4.78 is 5.40. The van der Waals surface area contributed by atoms with E-state index in [1.165, 1.54) is 0 Å². The number of hydrogen-bond acceptors (Lipinski definition) is 2. The van der Waals surface area contributed by atoms with E-state index in [2.05, 4.69) is 4.98 Å². The molecule has 1 N–H and O–H groups in total. The summed E-state index contributed by atoms with van der Waals surface area (Å²) in [6, 6.07) is 7.41. The van der Waals surface area contributed by atoms with Gasteiger partial charge in [-0.3, -0.25) is 4.79 Å². The lowest BCUT2D eigenvalue weighted by atomic mass is 10.1. The lowest BCUT2D eigenvalue weighted by Gasteiger charge is -2.05. The topological polar surface area (TPSA) is 42.1 Å². The Morgan fingerprint density at radius 1 is 1.29 bits per heavy atom. The van der Waals surface area contributed by atoms with Crippen molar-refractivity contribution in [3.63, 3.8) is 0 Å². The SMILES string of the molecule is CCOc1c[nH]c(=O)c2ccccc12. The van der Waals surface area contributed by atoms with Crippen molar-refractivity contribution in [1.29, 1.82) is 0 Å². The zero-order valence-electron chi connectivity index (χ0n) is 7.91. The number of benzene rings is 1. The maximum absolute atomic E-state index is 11.4. The molecule has 3 heteroatoms. The van der Waals surface area contributed by atoms with E-state index in [0.717, 1.165) is 11.1 Å². The minimum Gasteiger partial charge on any atom is -0.492 e. The van der Waals surface area contributed by atoms with Crippen molar-refractivity contribution in [3.05, 3.63) is 40.8 Å². The second kappa shape index (κ2) is 3.54. The lowest BCUT2D eigenvalue weighted by molar-refractivity contribution is 0.343. The predicted octanol–water partition coefficient (Wildman–Crippen LogP) is 1.93. The number of hydrogen-bond donors (Lipinski definition) is 1. The molecule has 0 aliphatic heterocycles. The van der Waals surface area contributed by atoms with E-state index in [-0.39, 0.29) is 5.56 Å². The number of fused-ring (bicyclic) bond motifs is 1. The van der Waals surface area contributed by atoms with Crippen LogP contribution in [0.3, 0.4) is 0 Å². The number of nitrogens with one attached hydrogen (secondary N) is 1. The van der Waals surface area contributed by atoms with Crippen LogP contribution in [0.2, 0.25) is 0 Å². The van der Waals surface area contributed by atoms with E-state index in [4.69, 9.17) is 4.74 Å². The van der Waals surface area contributed by atoms with Crippen LogP contribution in [0.1, 0.15) is 6.92 Å². The lowest BCUT2D eigenvalue weighted by Crippen LogP contribution is -2.06. The van der Waals surface area contributed by atoms with Crippen LogP contribution in [0.4, 0.5) is 0 Å². The highest BCUT2D eigenvalue weighted by molar-refractivity contribution is 5.86. The fraction of sp³-hybridized carbons (Fsp3) is 0.182. The van der Waals surface area contributed by atoms with Gasteiger partial charge in [0.15, 0.2) is 0 Å². The Kier molecular flexibility index (Phi) is 2.23. The van der Waals surface area contributed by atoms with Gasteiger partial charge in [0.2, 0.25) is 0 Å². The Balaban J connectivity index is 2.75. The number of H-pyrrole nitrogens is 1. The van der Waals surface area contributed by atoms with E-state index in [9.17, 15) is 4.79 Å². The summed E-state index contributed by atoms with van der Waals surface area (Å²) in [5.74, 6) is 0.725. The summed E-state index contributed by atoms with van der Waals surface area (Å²) in [7, 11) is 0. The number of aromatic amines is 1. The van der Waals surface area contributed by atoms with Crippen molar-refractivity contribution in [2.75, 3.05) is 6.61 Å². The number of rotatable bonds is 2. The normalized spacial score (nSPS) is 10.4. The van der Waals surface area contributed by atoms with Gasteiger partial charge in [0.25, 0.3) is 5.56 Å². The molecule has 3 nitrogen and oxygen atoms in total. The summed E-state index contributed by atoms with van der Waals surface area (Å²) in [6.07, 6.45) is 1.61. The monoisotopic (exact) mass is 189 g/mol. The third-order valence-electron chi connectivity index (χ3n) is 2.07. The molecule has 0 saturated heterocycles. The Morgan fingerprint density at radius 3 is 2.71 bits per heavy atom. The summed E-state index contributed by atoms with van der Waals surface area (Å²) in [5.41, 5.74) is -0.0796. The van der Waals surface area contributed by atoms with E-state index in [1.807, 2.05) is 25.1 Å². The van der Waals surface area contributed by atoms with E-state index < -0.39 is 0 Å². The highest BCUT2D eigenvalue weighted by atomic mass is 16.5. The molecule has 1 heterocycles. The van der Waals surface area contributed by atoms with E-state index in [0.29, 0.717) is 12.0 Å². The summed E-state index contributed by atoms with van der Waals surface area (Å²) in [6.45, 7) is 2.51. The van der Waals surface area contributed by atoms with Crippen LogP contribution < -0.4 is 10.3 Å². The number of pyridine rings is 1. The Hall–Kier alpha value is -1.77. The first kappa shape index (κ1) is 8.81. The van der Waals surface area contributed by atoms with Gasteiger partial charge < -0.3 is 9.72 Å².